The SMILES string of the molecule is CCC1(Cc2ccc(F)cc2)C(=O)N(C)C(Cc2c([N+](=O)[O-])ccc(F)c2F)C(=O)N1C. The lowest BCUT2D eigenvalue weighted by Gasteiger charge is -2.50. The van der Waals surface area contributed by atoms with Crippen molar-refractivity contribution in [1.29, 1.82) is 0 Å². The number of nitro benzene ring substituents is 1. The highest BCUT2D eigenvalue weighted by atomic mass is 19.2. The molecule has 2 aromatic carbocycles. The minimum atomic E-state index is -1.42. The summed E-state index contributed by atoms with van der Waals surface area (Å²) in [5.74, 6) is -4.15. The van der Waals surface area contributed by atoms with Crippen LogP contribution < -0.4 is 0 Å². The molecule has 1 heterocycles. The number of nitro groups is 1. The third-order valence-electron chi connectivity index (χ3n) is 6.20. The first-order valence-corrected chi connectivity index (χ1v) is 9.94. The highest BCUT2D eigenvalue weighted by molar-refractivity contribution is 6.00. The highest BCUT2D eigenvalue weighted by Gasteiger charge is 2.53. The lowest BCUT2D eigenvalue weighted by Crippen LogP contribution is -2.70. The van der Waals surface area contributed by atoms with Gasteiger partial charge in [0.25, 0.3) is 5.69 Å². The van der Waals surface area contributed by atoms with Crippen LogP contribution in [0.1, 0.15) is 24.5 Å². The van der Waals surface area contributed by atoms with Gasteiger partial charge in [-0.3, -0.25) is 19.7 Å². The number of halogens is 3. The standard InChI is InChI=1S/C22H22F3N3O4/c1-4-22(12-13-5-7-14(23)8-6-13)21(30)26(2)18(20(29)27(22)3)11-15-17(28(31)32)10-9-16(24)19(15)25/h5-10,18H,4,11-12H2,1-3H3. The van der Waals surface area contributed by atoms with Gasteiger partial charge in [0.05, 0.1) is 10.5 Å². The van der Waals surface area contributed by atoms with Crippen molar-refractivity contribution in [3.63, 3.8) is 0 Å². The molecule has 0 saturated carbocycles. The van der Waals surface area contributed by atoms with E-state index in [1.54, 1.807) is 6.92 Å². The second-order valence-electron chi connectivity index (χ2n) is 7.84. The minimum Gasteiger partial charge on any atom is -0.331 e. The number of rotatable bonds is 6. The van der Waals surface area contributed by atoms with Crippen molar-refractivity contribution in [2.45, 2.75) is 37.8 Å². The molecule has 1 fully saturated rings. The molecular formula is C22H22F3N3O4. The van der Waals surface area contributed by atoms with E-state index in [2.05, 4.69) is 0 Å². The Bertz CT molecular complexity index is 1080. The van der Waals surface area contributed by atoms with Gasteiger partial charge in [-0.1, -0.05) is 19.1 Å². The Labute approximate surface area is 182 Å². The normalized spacial score (nSPS) is 21.2. The van der Waals surface area contributed by atoms with Crippen molar-refractivity contribution < 1.29 is 27.7 Å². The zero-order chi connectivity index (χ0) is 23.8. The summed E-state index contributed by atoms with van der Waals surface area (Å²) in [4.78, 5) is 39.5. The molecule has 2 amide bonds. The molecule has 2 unspecified atom stereocenters. The van der Waals surface area contributed by atoms with E-state index in [1.807, 2.05) is 0 Å². The molecule has 10 heteroatoms. The van der Waals surface area contributed by atoms with E-state index < -0.39 is 63.4 Å². The van der Waals surface area contributed by atoms with Crippen LogP contribution in [0.5, 0.6) is 0 Å². The molecule has 0 spiro atoms. The number of nitrogens with zero attached hydrogens (tertiary/aromatic N) is 3. The number of benzene rings is 2. The average Bonchev–Trinajstić information content (AvgIpc) is 2.77. The molecule has 0 aliphatic carbocycles. The van der Waals surface area contributed by atoms with Crippen molar-refractivity contribution in [1.82, 2.24) is 9.80 Å². The van der Waals surface area contributed by atoms with Crippen LogP contribution in [0.3, 0.4) is 0 Å². The van der Waals surface area contributed by atoms with Gasteiger partial charge in [0, 0.05) is 33.0 Å². The Balaban J connectivity index is 1.99. The van der Waals surface area contributed by atoms with Crippen molar-refractivity contribution >= 4 is 17.5 Å². The maximum Gasteiger partial charge on any atom is 0.275 e. The predicted octanol–water partition coefficient (Wildman–Crippen LogP) is 3.25. The molecule has 170 valence electrons. The van der Waals surface area contributed by atoms with Gasteiger partial charge < -0.3 is 9.80 Å². The van der Waals surface area contributed by atoms with E-state index in [9.17, 15) is 32.9 Å². The summed E-state index contributed by atoms with van der Waals surface area (Å²) in [6, 6.07) is 5.78. The van der Waals surface area contributed by atoms with Crippen LogP contribution >= 0.6 is 0 Å². The fraction of sp³-hybridized carbons (Fsp3) is 0.364. The molecule has 32 heavy (non-hydrogen) atoms. The van der Waals surface area contributed by atoms with Crippen LogP contribution in [0.25, 0.3) is 0 Å². The Morgan fingerprint density at radius 1 is 1.06 bits per heavy atom. The van der Waals surface area contributed by atoms with Crippen molar-refractivity contribution in [2.75, 3.05) is 14.1 Å². The average molecular weight is 449 g/mol. The second kappa shape index (κ2) is 8.60. The van der Waals surface area contributed by atoms with Gasteiger partial charge in [-0.2, -0.15) is 0 Å². The Hall–Kier alpha value is -3.43. The summed E-state index contributed by atoms with van der Waals surface area (Å²) in [6.07, 6.45) is -0.185. The highest BCUT2D eigenvalue weighted by Crippen LogP contribution is 2.34. The fourth-order valence-electron chi connectivity index (χ4n) is 4.23. The van der Waals surface area contributed by atoms with Gasteiger partial charge in [0.2, 0.25) is 11.8 Å². The molecule has 3 rings (SSSR count). The van der Waals surface area contributed by atoms with Crippen molar-refractivity contribution in [3.8, 4) is 0 Å². The molecule has 1 saturated heterocycles. The van der Waals surface area contributed by atoms with E-state index in [0.29, 0.717) is 11.6 Å². The smallest absolute Gasteiger partial charge is 0.275 e. The molecule has 1 aliphatic rings. The van der Waals surface area contributed by atoms with Gasteiger partial charge in [-0.05, 0) is 30.2 Å². The number of hydrogen-bond acceptors (Lipinski definition) is 4. The topological polar surface area (TPSA) is 83.8 Å². The number of hydrogen-bond donors (Lipinski definition) is 0. The van der Waals surface area contributed by atoms with Crippen LogP contribution in [-0.2, 0) is 22.4 Å². The molecule has 0 radical (unpaired) electrons. The lowest BCUT2D eigenvalue weighted by atomic mass is 9.81. The quantitative estimate of drug-likeness (QED) is 0.501. The Morgan fingerprint density at radius 2 is 1.69 bits per heavy atom. The largest absolute Gasteiger partial charge is 0.331 e. The third kappa shape index (κ3) is 3.80. The Kier molecular flexibility index (Phi) is 6.25. The van der Waals surface area contributed by atoms with Crippen LogP contribution in [0.4, 0.5) is 18.9 Å². The van der Waals surface area contributed by atoms with E-state index in [-0.39, 0.29) is 12.8 Å². The van der Waals surface area contributed by atoms with Gasteiger partial charge in [0.1, 0.15) is 17.4 Å². The molecule has 0 aromatic heterocycles. The second-order valence-corrected chi connectivity index (χ2v) is 7.84. The van der Waals surface area contributed by atoms with Gasteiger partial charge in [-0.25, -0.2) is 13.2 Å². The maximum absolute atomic E-state index is 14.4. The first-order chi connectivity index (χ1) is 15.0. The number of carbonyl (C=O) groups excluding carboxylic acids is 2. The minimum absolute atomic E-state index is 0.121. The number of carbonyl (C=O) groups is 2. The Morgan fingerprint density at radius 3 is 2.25 bits per heavy atom. The predicted molar refractivity (Wildman–Crippen MR) is 109 cm³/mol. The summed E-state index contributed by atoms with van der Waals surface area (Å²) in [5, 5.41) is 11.3. The van der Waals surface area contributed by atoms with Crippen molar-refractivity contribution in [2.24, 2.45) is 0 Å². The molecule has 7 nitrogen and oxygen atoms in total. The third-order valence-corrected chi connectivity index (χ3v) is 6.20. The van der Waals surface area contributed by atoms with E-state index in [4.69, 9.17) is 0 Å². The first kappa shape index (κ1) is 23.2. The monoisotopic (exact) mass is 449 g/mol. The summed E-state index contributed by atoms with van der Waals surface area (Å²) in [6.45, 7) is 1.73. The van der Waals surface area contributed by atoms with Crippen LogP contribution in [0.15, 0.2) is 36.4 Å². The molecule has 2 aromatic rings. The number of likely N-dealkylation sites (N-methyl/N-ethyl adjacent to an activating group) is 2. The molecule has 1 aliphatic heterocycles. The van der Waals surface area contributed by atoms with Gasteiger partial charge >= 0.3 is 0 Å². The molecule has 0 N–H and O–H groups in total. The summed E-state index contributed by atoms with van der Waals surface area (Å²) < 4.78 is 41.5. The van der Waals surface area contributed by atoms with Gasteiger partial charge in [0.15, 0.2) is 11.6 Å². The zero-order valence-electron chi connectivity index (χ0n) is 17.8. The number of amides is 2. The maximum atomic E-state index is 14.4. The van der Waals surface area contributed by atoms with E-state index in [0.717, 1.165) is 11.0 Å². The molecule has 0 bridgehead atoms. The molecule has 2 atom stereocenters. The number of piperazine rings is 1. The zero-order valence-corrected chi connectivity index (χ0v) is 17.8. The summed E-state index contributed by atoms with van der Waals surface area (Å²) in [5.41, 5.74) is -1.88. The van der Waals surface area contributed by atoms with Crippen molar-refractivity contribution in [3.05, 3.63) is 75.1 Å². The van der Waals surface area contributed by atoms with E-state index in [1.165, 1.54) is 43.3 Å². The summed E-state index contributed by atoms with van der Waals surface area (Å²) >= 11 is 0. The van der Waals surface area contributed by atoms with Gasteiger partial charge in [-0.15, -0.1) is 0 Å². The van der Waals surface area contributed by atoms with Crippen LogP contribution in [-0.4, -0.2) is 52.2 Å². The van der Waals surface area contributed by atoms with Crippen LogP contribution in [0, 0.1) is 27.6 Å². The molecular weight excluding hydrogens is 427 g/mol. The fourth-order valence-corrected chi connectivity index (χ4v) is 4.23. The summed E-state index contributed by atoms with van der Waals surface area (Å²) in [7, 11) is 2.79. The van der Waals surface area contributed by atoms with E-state index >= 15 is 0 Å². The lowest BCUT2D eigenvalue weighted by molar-refractivity contribution is -0.385. The van der Waals surface area contributed by atoms with Crippen LogP contribution in [0.2, 0.25) is 0 Å². The first-order valence-electron chi connectivity index (χ1n) is 9.94.